The van der Waals surface area contributed by atoms with E-state index in [1.54, 1.807) is 11.3 Å². The Morgan fingerprint density at radius 3 is 2.58 bits per heavy atom. The lowest BCUT2D eigenvalue weighted by Crippen LogP contribution is -2.02. The van der Waals surface area contributed by atoms with Crippen LogP contribution in [0.4, 0.5) is 0 Å². The summed E-state index contributed by atoms with van der Waals surface area (Å²) in [5.74, 6) is 0.855. The molecule has 0 radical (unpaired) electrons. The van der Waals surface area contributed by atoms with Crippen molar-refractivity contribution in [2.75, 3.05) is 0 Å². The fraction of sp³-hybridized carbons (Fsp3) is 0.100. The van der Waals surface area contributed by atoms with Crippen LogP contribution in [-0.2, 0) is 6.54 Å². The van der Waals surface area contributed by atoms with Gasteiger partial charge >= 0.3 is 0 Å². The molecule has 26 heavy (non-hydrogen) atoms. The number of aromatic nitrogens is 3. The molecule has 0 atom stereocenters. The summed E-state index contributed by atoms with van der Waals surface area (Å²) in [4.78, 5) is 1.26. The molecule has 2 aromatic carbocycles. The first kappa shape index (κ1) is 17.2. The summed E-state index contributed by atoms with van der Waals surface area (Å²) >= 11 is 13.2. The van der Waals surface area contributed by atoms with E-state index >= 15 is 0 Å². The zero-order chi connectivity index (χ0) is 18.1. The Bertz CT molecular complexity index is 1090. The molecule has 0 aliphatic carbocycles. The second-order valence-corrected chi connectivity index (χ2v) is 7.92. The third kappa shape index (κ3) is 3.26. The molecule has 4 aromatic rings. The molecule has 0 saturated carbocycles. The lowest BCUT2D eigenvalue weighted by Gasteiger charge is -2.09. The predicted octanol–water partition coefficient (Wildman–Crippen LogP) is 6.35. The molecule has 2 heterocycles. The molecule has 1 N–H and O–H groups in total. The first-order valence-corrected chi connectivity index (χ1v) is 9.83. The fourth-order valence-electron chi connectivity index (χ4n) is 3.03. The van der Waals surface area contributed by atoms with Gasteiger partial charge in [0.15, 0.2) is 10.6 Å². The SMILES string of the molecule is Cc1scc(-c2n[nH]c(=S)n2Cc2ccc(Cl)cc2)c1-c1ccccc1. The number of aryl methyl sites for hydroxylation is 1. The topological polar surface area (TPSA) is 33.6 Å². The van der Waals surface area contributed by atoms with Gasteiger partial charge < -0.3 is 0 Å². The second kappa shape index (κ2) is 7.19. The van der Waals surface area contributed by atoms with E-state index in [-0.39, 0.29) is 0 Å². The van der Waals surface area contributed by atoms with Crippen LogP contribution < -0.4 is 0 Å². The highest BCUT2D eigenvalue weighted by molar-refractivity contribution is 7.71. The van der Waals surface area contributed by atoms with Gasteiger partial charge in [-0.3, -0.25) is 9.67 Å². The minimum atomic E-state index is 0.609. The van der Waals surface area contributed by atoms with Crippen molar-refractivity contribution in [3.05, 3.63) is 80.2 Å². The molecule has 0 fully saturated rings. The molecule has 6 heteroatoms. The zero-order valence-electron chi connectivity index (χ0n) is 14.1. The van der Waals surface area contributed by atoms with Gasteiger partial charge in [0, 0.05) is 26.4 Å². The molecule has 0 amide bonds. The van der Waals surface area contributed by atoms with Crippen LogP contribution in [0, 0.1) is 11.7 Å². The van der Waals surface area contributed by atoms with Crippen LogP contribution in [0.5, 0.6) is 0 Å². The van der Waals surface area contributed by atoms with Gasteiger partial charge in [-0.05, 0) is 42.4 Å². The molecule has 0 aliphatic rings. The van der Waals surface area contributed by atoms with Gasteiger partial charge in [0.25, 0.3) is 0 Å². The molecule has 0 unspecified atom stereocenters. The summed E-state index contributed by atoms with van der Waals surface area (Å²) in [6.07, 6.45) is 0. The molecule has 130 valence electrons. The molecule has 0 bridgehead atoms. The van der Waals surface area contributed by atoms with E-state index in [1.807, 2.05) is 34.9 Å². The van der Waals surface area contributed by atoms with Crippen molar-refractivity contribution in [1.29, 1.82) is 0 Å². The van der Waals surface area contributed by atoms with E-state index in [2.05, 4.69) is 46.8 Å². The van der Waals surface area contributed by atoms with Crippen molar-refractivity contribution in [2.24, 2.45) is 0 Å². The van der Waals surface area contributed by atoms with Crippen LogP contribution in [0.15, 0.2) is 60.0 Å². The number of thiophene rings is 1. The second-order valence-electron chi connectivity index (χ2n) is 6.01. The number of hydrogen-bond acceptors (Lipinski definition) is 3. The molecule has 0 spiro atoms. The summed E-state index contributed by atoms with van der Waals surface area (Å²) in [6.45, 7) is 2.78. The highest BCUT2D eigenvalue weighted by atomic mass is 35.5. The number of nitrogens with zero attached hydrogens (tertiary/aromatic N) is 2. The molecular formula is C20H16ClN3S2. The fourth-order valence-corrected chi connectivity index (χ4v) is 4.21. The van der Waals surface area contributed by atoms with Crippen molar-refractivity contribution in [3.63, 3.8) is 0 Å². The third-order valence-corrected chi connectivity index (χ3v) is 5.77. The first-order valence-electron chi connectivity index (χ1n) is 8.17. The number of aromatic amines is 1. The molecular weight excluding hydrogens is 382 g/mol. The van der Waals surface area contributed by atoms with Crippen molar-refractivity contribution in [2.45, 2.75) is 13.5 Å². The Labute approximate surface area is 165 Å². The average molecular weight is 398 g/mol. The Morgan fingerprint density at radius 1 is 1.12 bits per heavy atom. The monoisotopic (exact) mass is 397 g/mol. The molecule has 0 aliphatic heterocycles. The molecule has 0 saturated heterocycles. The Kier molecular flexibility index (Phi) is 4.76. The van der Waals surface area contributed by atoms with E-state index < -0.39 is 0 Å². The van der Waals surface area contributed by atoms with Gasteiger partial charge in [0.1, 0.15) is 0 Å². The van der Waals surface area contributed by atoms with E-state index in [0.717, 1.165) is 22.0 Å². The van der Waals surface area contributed by atoms with Crippen molar-refractivity contribution < 1.29 is 0 Å². The van der Waals surface area contributed by atoms with Gasteiger partial charge in [0.05, 0.1) is 6.54 Å². The molecule has 2 aromatic heterocycles. The smallest absolute Gasteiger partial charge is 0.195 e. The average Bonchev–Trinajstić information content (AvgIpc) is 3.21. The van der Waals surface area contributed by atoms with Gasteiger partial charge in [0.2, 0.25) is 0 Å². The number of benzene rings is 2. The normalized spacial score (nSPS) is 11.0. The van der Waals surface area contributed by atoms with Crippen molar-refractivity contribution in [3.8, 4) is 22.5 Å². The molecule has 4 rings (SSSR count). The number of hydrogen-bond donors (Lipinski definition) is 1. The Balaban J connectivity index is 1.81. The van der Waals surface area contributed by atoms with Crippen LogP contribution in [0.25, 0.3) is 22.5 Å². The van der Waals surface area contributed by atoms with Crippen LogP contribution in [-0.4, -0.2) is 14.8 Å². The summed E-state index contributed by atoms with van der Waals surface area (Å²) in [5, 5.41) is 10.4. The van der Waals surface area contributed by atoms with Gasteiger partial charge in [-0.2, -0.15) is 5.10 Å². The maximum absolute atomic E-state index is 6.00. The number of nitrogens with one attached hydrogen (secondary N) is 1. The van der Waals surface area contributed by atoms with Gasteiger partial charge in [-0.1, -0.05) is 54.1 Å². The van der Waals surface area contributed by atoms with Crippen molar-refractivity contribution >= 4 is 35.2 Å². The maximum atomic E-state index is 6.00. The number of H-pyrrole nitrogens is 1. The zero-order valence-corrected chi connectivity index (χ0v) is 16.5. The highest BCUT2D eigenvalue weighted by Crippen LogP contribution is 2.38. The van der Waals surface area contributed by atoms with Gasteiger partial charge in [-0.25, -0.2) is 0 Å². The van der Waals surface area contributed by atoms with E-state index in [4.69, 9.17) is 23.8 Å². The van der Waals surface area contributed by atoms with Crippen LogP contribution in [0.3, 0.4) is 0 Å². The van der Waals surface area contributed by atoms with E-state index in [9.17, 15) is 0 Å². The summed E-state index contributed by atoms with van der Waals surface area (Å²) in [7, 11) is 0. The third-order valence-electron chi connectivity index (χ3n) is 4.29. The van der Waals surface area contributed by atoms with Gasteiger partial charge in [-0.15, -0.1) is 11.3 Å². The number of rotatable bonds is 4. The van der Waals surface area contributed by atoms with Crippen LogP contribution in [0.2, 0.25) is 5.02 Å². The summed E-state index contributed by atoms with van der Waals surface area (Å²) < 4.78 is 2.64. The molecule has 3 nitrogen and oxygen atoms in total. The predicted molar refractivity (Wildman–Crippen MR) is 111 cm³/mol. The Morgan fingerprint density at radius 2 is 1.85 bits per heavy atom. The van der Waals surface area contributed by atoms with Crippen LogP contribution >= 0.6 is 35.2 Å². The number of halogens is 1. The minimum Gasteiger partial charge on any atom is -0.296 e. The van der Waals surface area contributed by atoms with Crippen LogP contribution in [0.1, 0.15) is 10.4 Å². The van der Waals surface area contributed by atoms with E-state index in [1.165, 1.54) is 16.0 Å². The Hall–Kier alpha value is -2.21. The minimum absolute atomic E-state index is 0.609. The van der Waals surface area contributed by atoms with E-state index in [0.29, 0.717) is 11.3 Å². The quantitative estimate of drug-likeness (QED) is 0.407. The maximum Gasteiger partial charge on any atom is 0.195 e. The first-order chi connectivity index (χ1) is 12.6. The lowest BCUT2D eigenvalue weighted by atomic mass is 10.0. The summed E-state index contributed by atoms with van der Waals surface area (Å²) in [6, 6.07) is 18.2. The highest BCUT2D eigenvalue weighted by Gasteiger charge is 2.18. The largest absolute Gasteiger partial charge is 0.296 e. The summed E-state index contributed by atoms with van der Waals surface area (Å²) in [5.41, 5.74) is 4.62. The standard InChI is InChI=1S/C20H16ClN3S2/c1-13-18(15-5-3-2-4-6-15)17(12-26-13)19-22-23-20(25)24(19)11-14-7-9-16(21)10-8-14/h2-10,12H,11H2,1H3,(H,23,25). The lowest BCUT2D eigenvalue weighted by molar-refractivity contribution is 0.791. The van der Waals surface area contributed by atoms with Crippen molar-refractivity contribution in [1.82, 2.24) is 14.8 Å².